The molecule has 1 heterocycles. The molecular formula is C10H15NO. The number of nitrogens with one attached hydrogen (secondary N) is 1. The van der Waals surface area contributed by atoms with Gasteiger partial charge in [0.25, 0.3) is 0 Å². The average Bonchev–Trinajstić information content (AvgIpc) is 2.60. The minimum absolute atomic E-state index is 0.499. The van der Waals surface area contributed by atoms with E-state index in [1.807, 2.05) is 19.4 Å². The Labute approximate surface area is 73.0 Å². The van der Waals surface area contributed by atoms with Gasteiger partial charge < -0.3 is 9.73 Å². The number of rotatable bonds is 3. The molecule has 0 bridgehead atoms. The van der Waals surface area contributed by atoms with E-state index in [0.717, 1.165) is 11.8 Å². The van der Waals surface area contributed by atoms with Gasteiger partial charge in [-0.2, -0.15) is 0 Å². The first-order valence-corrected chi connectivity index (χ1v) is 4.52. The van der Waals surface area contributed by atoms with Gasteiger partial charge in [0.2, 0.25) is 0 Å². The summed E-state index contributed by atoms with van der Waals surface area (Å²) in [6.45, 7) is 2.30. The Hall–Kier alpha value is -0.760. The topological polar surface area (TPSA) is 25.2 Å². The van der Waals surface area contributed by atoms with Gasteiger partial charge in [-0.1, -0.05) is 6.92 Å². The first kappa shape index (κ1) is 7.87. The monoisotopic (exact) mass is 165 g/mol. The largest absolute Gasteiger partial charge is 0.472 e. The third-order valence-corrected chi connectivity index (χ3v) is 2.81. The van der Waals surface area contributed by atoms with Crippen LogP contribution in [0.5, 0.6) is 0 Å². The minimum Gasteiger partial charge on any atom is -0.472 e. The maximum atomic E-state index is 5.07. The maximum Gasteiger partial charge on any atom is 0.0950 e. The fourth-order valence-electron chi connectivity index (χ4n) is 1.90. The third-order valence-electron chi connectivity index (χ3n) is 2.81. The molecule has 0 amide bonds. The molecule has 2 nitrogen and oxygen atoms in total. The van der Waals surface area contributed by atoms with E-state index in [9.17, 15) is 0 Å². The first-order valence-electron chi connectivity index (χ1n) is 4.52. The molecule has 2 rings (SSSR count). The van der Waals surface area contributed by atoms with Crippen molar-refractivity contribution in [3.8, 4) is 0 Å². The molecule has 1 aromatic heterocycles. The van der Waals surface area contributed by atoms with Crippen LogP contribution in [0, 0.1) is 11.8 Å². The molecule has 0 radical (unpaired) electrons. The third kappa shape index (κ3) is 1.27. The molecule has 0 aromatic carbocycles. The van der Waals surface area contributed by atoms with Crippen molar-refractivity contribution in [3.05, 3.63) is 24.2 Å². The van der Waals surface area contributed by atoms with Crippen molar-refractivity contribution in [2.75, 3.05) is 7.05 Å². The van der Waals surface area contributed by atoms with E-state index in [4.69, 9.17) is 4.42 Å². The Morgan fingerprint density at radius 1 is 1.67 bits per heavy atom. The molecule has 66 valence electrons. The van der Waals surface area contributed by atoms with Gasteiger partial charge in [0.05, 0.1) is 12.5 Å². The van der Waals surface area contributed by atoms with E-state index in [0.29, 0.717) is 6.04 Å². The summed E-state index contributed by atoms with van der Waals surface area (Å²) in [6, 6.07) is 2.55. The van der Waals surface area contributed by atoms with Crippen molar-refractivity contribution in [2.45, 2.75) is 19.4 Å². The minimum atomic E-state index is 0.499. The Morgan fingerprint density at radius 3 is 2.83 bits per heavy atom. The van der Waals surface area contributed by atoms with E-state index in [2.05, 4.69) is 12.2 Å². The molecule has 3 unspecified atom stereocenters. The zero-order valence-corrected chi connectivity index (χ0v) is 7.58. The van der Waals surface area contributed by atoms with Gasteiger partial charge in [0.1, 0.15) is 0 Å². The highest BCUT2D eigenvalue weighted by Gasteiger charge is 2.39. The van der Waals surface area contributed by atoms with Crippen LogP contribution in [0.25, 0.3) is 0 Å². The van der Waals surface area contributed by atoms with Crippen LogP contribution in [0.3, 0.4) is 0 Å². The van der Waals surface area contributed by atoms with Crippen LogP contribution >= 0.6 is 0 Å². The molecule has 0 aliphatic heterocycles. The van der Waals surface area contributed by atoms with E-state index in [1.54, 1.807) is 6.26 Å². The molecule has 2 heteroatoms. The van der Waals surface area contributed by atoms with Crippen molar-refractivity contribution in [1.29, 1.82) is 0 Å². The fourth-order valence-corrected chi connectivity index (χ4v) is 1.90. The summed E-state index contributed by atoms with van der Waals surface area (Å²) in [4.78, 5) is 0. The normalized spacial score (nSPS) is 30.2. The molecule has 3 atom stereocenters. The predicted octanol–water partition coefficient (Wildman–Crippen LogP) is 2.20. The van der Waals surface area contributed by atoms with Crippen LogP contribution < -0.4 is 5.32 Å². The molecule has 1 aliphatic rings. The zero-order chi connectivity index (χ0) is 8.55. The van der Waals surface area contributed by atoms with Gasteiger partial charge in [-0.25, -0.2) is 0 Å². The van der Waals surface area contributed by atoms with Gasteiger partial charge in [-0.15, -0.1) is 0 Å². The average molecular weight is 165 g/mol. The lowest BCUT2D eigenvalue weighted by molar-refractivity contribution is 0.491. The van der Waals surface area contributed by atoms with Crippen LogP contribution in [-0.4, -0.2) is 7.05 Å². The fraction of sp³-hybridized carbons (Fsp3) is 0.600. The summed E-state index contributed by atoms with van der Waals surface area (Å²) in [5, 5.41) is 3.34. The second-order valence-electron chi connectivity index (χ2n) is 3.70. The number of hydrogen-bond acceptors (Lipinski definition) is 2. The van der Waals surface area contributed by atoms with E-state index >= 15 is 0 Å². The molecule has 0 spiro atoms. The standard InChI is InChI=1S/C10H15NO/c1-7-5-9(7)10(11-2)8-3-4-12-6-8/h3-4,6-7,9-11H,5H2,1-2H3. The van der Waals surface area contributed by atoms with Crippen molar-refractivity contribution < 1.29 is 4.42 Å². The van der Waals surface area contributed by atoms with Crippen molar-refractivity contribution in [3.63, 3.8) is 0 Å². The molecule has 1 saturated carbocycles. The summed E-state index contributed by atoms with van der Waals surface area (Å²) in [6.07, 6.45) is 4.93. The highest BCUT2D eigenvalue weighted by Crippen LogP contribution is 2.46. The molecule has 0 saturated heterocycles. The van der Waals surface area contributed by atoms with Crippen LogP contribution in [0.15, 0.2) is 23.0 Å². The lowest BCUT2D eigenvalue weighted by Gasteiger charge is -2.12. The molecule has 12 heavy (non-hydrogen) atoms. The number of furan rings is 1. The molecule has 1 aromatic rings. The Morgan fingerprint density at radius 2 is 2.42 bits per heavy atom. The summed E-state index contributed by atoms with van der Waals surface area (Å²) in [5.41, 5.74) is 1.28. The summed E-state index contributed by atoms with van der Waals surface area (Å²) in [7, 11) is 2.02. The first-order chi connectivity index (χ1) is 5.83. The van der Waals surface area contributed by atoms with Gasteiger partial charge in [-0.05, 0) is 31.4 Å². The van der Waals surface area contributed by atoms with Gasteiger partial charge in [-0.3, -0.25) is 0 Å². The van der Waals surface area contributed by atoms with E-state index in [-0.39, 0.29) is 0 Å². The quantitative estimate of drug-likeness (QED) is 0.742. The second kappa shape index (κ2) is 2.94. The van der Waals surface area contributed by atoms with Gasteiger partial charge >= 0.3 is 0 Å². The van der Waals surface area contributed by atoms with Crippen molar-refractivity contribution >= 4 is 0 Å². The van der Waals surface area contributed by atoms with Crippen LogP contribution in [0.1, 0.15) is 24.9 Å². The molecule has 1 N–H and O–H groups in total. The highest BCUT2D eigenvalue weighted by molar-refractivity contribution is 5.15. The molecule has 1 aliphatic carbocycles. The van der Waals surface area contributed by atoms with Crippen LogP contribution in [0.4, 0.5) is 0 Å². The summed E-state index contributed by atoms with van der Waals surface area (Å²) in [5.74, 6) is 1.69. The van der Waals surface area contributed by atoms with E-state index in [1.165, 1.54) is 12.0 Å². The maximum absolute atomic E-state index is 5.07. The summed E-state index contributed by atoms with van der Waals surface area (Å²) >= 11 is 0. The Bertz CT molecular complexity index is 242. The van der Waals surface area contributed by atoms with E-state index < -0.39 is 0 Å². The second-order valence-corrected chi connectivity index (χ2v) is 3.70. The van der Waals surface area contributed by atoms with Gasteiger partial charge in [0, 0.05) is 11.6 Å². The van der Waals surface area contributed by atoms with Crippen LogP contribution in [0.2, 0.25) is 0 Å². The lowest BCUT2D eigenvalue weighted by atomic mass is 10.1. The van der Waals surface area contributed by atoms with Gasteiger partial charge in [0.15, 0.2) is 0 Å². The highest BCUT2D eigenvalue weighted by atomic mass is 16.3. The van der Waals surface area contributed by atoms with Crippen molar-refractivity contribution in [1.82, 2.24) is 5.32 Å². The number of hydrogen-bond donors (Lipinski definition) is 1. The van der Waals surface area contributed by atoms with Crippen LogP contribution in [-0.2, 0) is 0 Å². The summed E-state index contributed by atoms with van der Waals surface area (Å²) < 4.78 is 5.07. The molecular weight excluding hydrogens is 150 g/mol. The zero-order valence-electron chi connectivity index (χ0n) is 7.58. The SMILES string of the molecule is CNC(c1ccoc1)C1CC1C. The predicted molar refractivity (Wildman–Crippen MR) is 47.8 cm³/mol. The Balaban J connectivity index is 2.09. The smallest absolute Gasteiger partial charge is 0.0950 e. The molecule has 1 fully saturated rings. The lowest BCUT2D eigenvalue weighted by Crippen LogP contribution is -2.18. The Kier molecular flexibility index (Phi) is 1.93. The van der Waals surface area contributed by atoms with Crippen molar-refractivity contribution in [2.24, 2.45) is 11.8 Å².